The first-order chi connectivity index (χ1) is 7.58. The lowest BCUT2D eigenvalue weighted by Gasteiger charge is -2.34. The van der Waals surface area contributed by atoms with Gasteiger partial charge >= 0.3 is 0 Å². The van der Waals surface area contributed by atoms with Crippen molar-refractivity contribution in [1.82, 2.24) is 4.90 Å². The van der Waals surface area contributed by atoms with E-state index < -0.39 is 0 Å². The molecule has 88 valence electrons. The lowest BCUT2D eigenvalue weighted by atomic mass is 10.2. The molecule has 1 aromatic rings. The molecule has 1 aliphatic heterocycles. The van der Waals surface area contributed by atoms with Gasteiger partial charge in [-0.2, -0.15) is 0 Å². The van der Waals surface area contributed by atoms with Crippen molar-refractivity contribution in [3.05, 3.63) is 26.6 Å². The molecular formula is C12H16Br2N2. The van der Waals surface area contributed by atoms with E-state index in [1.807, 2.05) is 0 Å². The van der Waals surface area contributed by atoms with Crippen LogP contribution in [-0.2, 0) is 0 Å². The number of rotatable bonds is 1. The fourth-order valence-electron chi connectivity index (χ4n) is 1.88. The Labute approximate surface area is 114 Å². The van der Waals surface area contributed by atoms with E-state index in [1.165, 1.54) is 20.2 Å². The molecule has 4 heteroatoms. The van der Waals surface area contributed by atoms with Crippen LogP contribution in [0.3, 0.4) is 0 Å². The van der Waals surface area contributed by atoms with Gasteiger partial charge in [-0.05, 0) is 31.7 Å². The average Bonchev–Trinajstić information content (AvgIpc) is 2.26. The second-order valence-electron chi connectivity index (χ2n) is 4.32. The highest BCUT2D eigenvalue weighted by molar-refractivity contribution is 9.11. The van der Waals surface area contributed by atoms with Gasteiger partial charge in [-0.1, -0.05) is 31.9 Å². The van der Waals surface area contributed by atoms with Crippen LogP contribution in [0.25, 0.3) is 0 Å². The van der Waals surface area contributed by atoms with Crippen molar-refractivity contribution in [2.45, 2.75) is 6.92 Å². The van der Waals surface area contributed by atoms with Crippen LogP contribution >= 0.6 is 31.9 Å². The lowest BCUT2D eigenvalue weighted by molar-refractivity contribution is 0.313. The van der Waals surface area contributed by atoms with E-state index in [4.69, 9.17) is 0 Å². The number of anilines is 1. The molecule has 0 spiro atoms. The van der Waals surface area contributed by atoms with Crippen molar-refractivity contribution < 1.29 is 0 Å². The van der Waals surface area contributed by atoms with Crippen molar-refractivity contribution in [3.8, 4) is 0 Å². The van der Waals surface area contributed by atoms with E-state index in [9.17, 15) is 0 Å². The fourth-order valence-corrected chi connectivity index (χ4v) is 3.04. The maximum absolute atomic E-state index is 3.61. The van der Waals surface area contributed by atoms with Gasteiger partial charge in [-0.15, -0.1) is 0 Å². The molecule has 1 fully saturated rings. The normalized spacial score (nSPS) is 17.9. The zero-order valence-corrected chi connectivity index (χ0v) is 12.8. The molecule has 0 saturated carbocycles. The highest BCUT2D eigenvalue weighted by Crippen LogP contribution is 2.31. The SMILES string of the molecule is Cc1c(Br)cc(N2CCN(C)CC2)cc1Br. The minimum atomic E-state index is 1.11. The Morgan fingerprint density at radius 2 is 1.50 bits per heavy atom. The van der Waals surface area contributed by atoms with E-state index in [0.717, 1.165) is 26.2 Å². The van der Waals surface area contributed by atoms with Gasteiger partial charge < -0.3 is 9.80 Å². The summed E-state index contributed by atoms with van der Waals surface area (Å²) in [6, 6.07) is 4.43. The van der Waals surface area contributed by atoms with Crippen LogP contribution in [0.4, 0.5) is 5.69 Å². The number of likely N-dealkylation sites (N-methyl/N-ethyl adjacent to an activating group) is 1. The van der Waals surface area contributed by atoms with Crippen molar-refractivity contribution in [2.75, 3.05) is 38.1 Å². The highest BCUT2D eigenvalue weighted by atomic mass is 79.9. The van der Waals surface area contributed by atoms with Gasteiger partial charge in [0.15, 0.2) is 0 Å². The van der Waals surface area contributed by atoms with E-state index >= 15 is 0 Å². The molecule has 1 aliphatic rings. The van der Waals surface area contributed by atoms with Gasteiger partial charge in [0.1, 0.15) is 0 Å². The maximum Gasteiger partial charge on any atom is 0.0389 e. The Balaban J connectivity index is 2.21. The molecule has 1 saturated heterocycles. The fraction of sp³-hybridized carbons (Fsp3) is 0.500. The molecule has 0 unspecified atom stereocenters. The lowest BCUT2D eigenvalue weighted by Crippen LogP contribution is -2.44. The zero-order chi connectivity index (χ0) is 11.7. The minimum absolute atomic E-state index is 1.11. The molecular weight excluding hydrogens is 332 g/mol. The second-order valence-corrected chi connectivity index (χ2v) is 6.03. The summed E-state index contributed by atoms with van der Waals surface area (Å²) in [6.45, 7) is 6.62. The predicted octanol–water partition coefficient (Wildman–Crippen LogP) is 3.27. The predicted molar refractivity (Wildman–Crippen MR) is 76.3 cm³/mol. The molecule has 2 rings (SSSR count). The first-order valence-corrected chi connectivity index (χ1v) is 7.05. The molecule has 0 radical (unpaired) electrons. The van der Waals surface area contributed by atoms with Crippen molar-refractivity contribution in [2.24, 2.45) is 0 Å². The second kappa shape index (κ2) is 5.07. The molecule has 2 nitrogen and oxygen atoms in total. The van der Waals surface area contributed by atoms with Crippen LogP contribution in [0.2, 0.25) is 0 Å². The number of hydrogen-bond donors (Lipinski definition) is 0. The Morgan fingerprint density at radius 3 is 2.00 bits per heavy atom. The third-order valence-electron chi connectivity index (χ3n) is 3.13. The summed E-state index contributed by atoms with van der Waals surface area (Å²) in [5.41, 5.74) is 2.57. The standard InChI is InChI=1S/C12H16Br2N2/c1-9-11(13)7-10(8-12(9)14)16-5-3-15(2)4-6-16/h7-8H,3-6H2,1-2H3. The Bertz CT molecular complexity index is 362. The van der Waals surface area contributed by atoms with E-state index in [0.29, 0.717) is 0 Å². The Hall–Kier alpha value is -0.0600. The molecule has 0 atom stereocenters. The molecule has 1 heterocycles. The van der Waals surface area contributed by atoms with E-state index in [-0.39, 0.29) is 0 Å². The summed E-state index contributed by atoms with van der Waals surface area (Å²) >= 11 is 7.22. The summed E-state index contributed by atoms with van der Waals surface area (Å²) in [5.74, 6) is 0. The summed E-state index contributed by atoms with van der Waals surface area (Å²) in [5, 5.41) is 0. The van der Waals surface area contributed by atoms with Crippen LogP contribution in [0.5, 0.6) is 0 Å². The number of hydrogen-bond acceptors (Lipinski definition) is 2. The Kier molecular flexibility index (Phi) is 3.93. The van der Waals surface area contributed by atoms with Crippen LogP contribution < -0.4 is 4.90 Å². The number of piperazine rings is 1. The maximum atomic E-state index is 3.61. The molecule has 1 aromatic carbocycles. The first kappa shape index (κ1) is 12.4. The van der Waals surface area contributed by atoms with Gasteiger partial charge in [0.25, 0.3) is 0 Å². The van der Waals surface area contributed by atoms with Crippen molar-refractivity contribution >= 4 is 37.5 Å². The van der Waals surface area contributed by atoms with E-state index in [2.05, 4.69) is 67.8 Å². The Morgan fingerprint density at radius 1 is 1.00 bits per heavy atom. The monoisotopic (exact) mass is 346 g/mol. The van der Waals surface area contributed by atoms with Crippen molar-refractivity contribution in [1.29, 1.82) is 0 Å². The quantitative estimate of drug-likeness (QED) is 0.769. The van der Waals surface area contributed by atoms with Gasteiger partial charge in [0, 0.05) is 40.8 Å². The van der Waals surface area contributed by atoms with Gasteiger partial charge in [-0.25, -0.2) is 0 Å². The molecule has 0 N–H and O–H groups in total. The highest BCUT2D eigenvalue weighted by Gasteiger charge is 2.15. The van der Waals surface area contributed by atoms with Crippen LogP contribution in [0.1, 0.15) is 5.56 Å². The van der Waals surface area contributed by atoms with Crippen LogP contribution in [0, 0.1) is 6.92 Å². The largest absolute Gasteiger partial charge is 0.369 e. The molecule has 0 amide bonds. The number of nitrogens with zero attached hydrogens (tertiary/aromatic N) is 2. The molecule has 0 bridgehead atoms. The third kappa shape index (κ3) is 2.60. The van der Waals surface area contributed by atoms with Crippen LogP contribution in [0.15, 0.2) is 21.1 Å². The van der Waals surface area contributed by atoms with Gasteiger partial charge in [0.05, 0.1) is 0 Å². The van der Waals surface area contributed by atoms with Gasteiger partial charge in [-0.3, -0.25) is 0 Å². The van der Waals surface area contributed by atoms with Gasteiger partial charge in [0.2, 0.25) is 0 Å². The minimum Gasteiger partial charge on any atom is -0.369 e. The number of benzene rings is 1. The van der Waals surface area contributed by atoms with Crippen LogP contribution in [-0.4, -0.2) is 38.1 Å². The summed E-state index contributed by atoms with van der Waals surface area (Å²) < 4.78 is 2.35. The molecule has 0 aliphatic carbocycles. The molecule has 0 aromatic heterocycles. The summed E-state index contributed by atoms with van der Waals surface area (Å²) in [6.07, 6.45) is 0. The zero-order valence-electron chi connectivity index (χ0n) is 9.63. The smallest absolute Gasteiger partial charge is 0.0389 e. The summed E-state index contributed by atoms with van der Waals surface area (Å²) in [4.78, 5) is 4.81. The summed E-state index contributed by atoms with van der Waals surface area (Å²) in [7, 11) is 2.18. The molecule has 16 heavy (non-hydrogen) atoms. The third-order valence-corrected chi connectivity index (χ3v) is 4.78. The average molecular weight is 348 g/mol. The topological polar surface area (TPSA) is 6.48 Å². The number of halogens is 2. The van der Waals surface area contributed by atoms with E-state index in [1.54, 1.807) is 0 Å². The van der Waals surface area contributed by atoms with Crippen molar-refractivity contribution in [3.63, 3.8) is 0 Å². The first-order valence-electron chi connectivity index (χ1n) is 5.47.